The molecule has 0 N–H and O–H groups in total. The van der Waals surface area contributed by atoms with Crippen LogP contribution in [0.2, 0.25) is 0 Å². The van der Waals surface area contributed by atoms with Crippen molar-refractivity contribution in [3.63, 3.8) is 0 Å². The zero-order chi connectivity index (χ0) is 17.9. The van der Waals surface area contributed by atoms with Crippen LogP contribution in [0.1, 0.15) is 43.6 Å². The minimum atomic E-state index is 0.108. The normalized spacial score (nSPS) is 17.1. The number of para-hydroxylation sites is 2. The molecule has 4 heteroatoms. The number of benzene rings is 2. The minimum absolute atomic E-state index is 0.108. The van der Waals surface area contributed by atoms with Gasteiger partial charge in [-0.25, -0.2) is 4.98 Å². The Hall–Kier alpha value is -2.62. The van der Waals surface area contributed by atoms with Gasteiger partial charge in [0.15, 0.2) is 0 Å². The Bertz CT molecular complexity index is 900. The molecule has 0 unspecified atom stereocenters. The number of aryl methyl sites for hydroxylation is 2. The molecule has 1 amide bonds. The highest BCUT2D eigenvalue weighted by Gasteiger charge is 2.31. The number of amides is 1. The lowest BCUT2D eigenvalue weighted by Crippen LogP contribution is -2.30. The lowest BCUT2D eigenvalue weighted by Gasteiger charge is -2.24. The maximum atomic E-state index is 12.0. The topological polar surface area (TPSA) is 38.1 Å². The van der Waals surface area contributed by atoms with Crippen molar-refractivity contribution >= 4 is 16.9 Å². The van der Waals surface area contributed by atoms with Gasteiger partial charge in [0.1, 0.15) is 5.82 Å². The van der Waals surface area contributed by atoms with Crippen molar-refractivity contribution in [2.24, 2.45) is 0 Å². The van der Waals surface area contributed by atoms with Crippen LogP contribution < -0.4 is 0 Å². The summed E-state index contributed by atoms with van der Waals surface area (Å²) in [6, 6.07) is 19.0. The van der Waals surface area contributed by atoms with Gasteiger partial charge in [0.25, 0.3) is 0 Å². The fraction of sp³-hybridized carbons (Fsp3) is 0.364. The Morgan fingerprint density at radius 1 is 1.12 bits per heavy atom. The van der Waals surface area contributed by atoms with E-state index in [4.69, 9.17) is 4.98 Å². The number of imidazole rings is 1. The molecule has 0 saturated carbocycles. The first-order valence-corrected chi connectivity index (χ1v) is 9.50. The Kier molecular flexibility index (Phi) is 4.74. The van der Waals surface area contributed by atoms with E-state index >= 15 is 0 Å². The van der Waals surface area contributed by atoms with Crippen LogP contribution in [-0.4, -0.2) is 26.9 Å². The number of aromatic nitrogens is 2. The maximum absolute atomic E-state index is 12.0. The van der Waals surface area contributed by atoms with E-state index in [-0.39, 0.29) is 11.9 Å². The quantitative estimate of drug-likeness (QED) is 0.688. The third-order valence-corrected chi connectivity index (χ3v) is 5.33. The molecular weight excluding hydrogens is 322 g/mol. The standard InChI is InChI=1S/C22H25N3O/c1-17(26)24-15-8-14-21(24)22-23-19-12-5-6-13-20(19)25(22)16-7-11-18-9-3-2-4-10-18/h2-6,9-10,12-13,21H,7-8,11,14-16H2,1H3/t21-/m0/s1. The van der Waals surface area contributed by atoms with Gasteiger partial charge in [-0.3, -0.25) is 4.79 Å². The van der Waals surface area contributed by atoms with Gasteiger partial charge >= 0.3 is 0 Å². The summed E-state index contributed by atoms with van der Waals surface area (Å²) in [4.78, 5) is 18.9. The molecule has 1 aromatic heterocycles. The monoisotopic (exact) mass is 347 g/mol. The van der Waals surface area contributed by atoms with Gasteiger partial charge in [0.05, 0.1) is 17.1 Å². The van der Waals surface area contributed by atoms with E-state index in [1.54, 1.807) is 6.92 Å². The highest BCUT2D eigenvalue weighted by molar-refractivity contribution is 5.77. The molecule has 2 aromatic carbocycles. The van der Waals surface area contributed by atoms with Gasteiger partial charge in [-0.15, -0.1) is 0 Å². The molecule has 1 aliphatic rings. The van der Waals surface area contributed by atoms with Crippen molar-refractivity contribution in [3.8, 4) is 0 Å². The summed E-state index contributed by atoms with van der Waals surface area (Å²) in [5, 5.41) is 0. The third-order valence-electron chi connectivity index (χ3n) is 5.33. The van der Waals surface area contributed by atoms with E-state index in [1.165, 1.54) is 11.1 Å². The summed E-state index contributed by atoms with van der Waals surface area (Å²) in [6.45, 7) is 3.43. The summed E-state index contributed by atoms with van der Waals surface area (Å²) < 4.78 is 2.34. The van der Waals surface area contributed by atoms with Crippen molar-refractivity contribution in [2.75, 3.05) is 6.54 Å². The van der Waals surface area contributed by atoms with E-state index in [0.717, 1.165) is 50.1 Å². The van der Waals surface area contributed by atoms with Crippen LogP contribution in [-0.2, 0) is 17.8 Å². The predicted octanol–water partition coefficient (Wildman–Crippen LogP) is 4.35. The molecule has 1 atom stereocenters. The molecule has 26 heavy (non-hydrogen) atoms. The molecule has 134 valence electrons. The lowest BCUT2D eigenvalue weighted by molar-refractivity contribution is -0.129. The summed E-state index contributed by atoms with van der Waals surface area (Å²) in [6.07, 6.45) is 4.16. The van der Waals surface area contributed by atoms with Crippen LogP contribution in [0.5, 0.6) is 0 Å². The Balaban J connectivity index is 1.62. The fourth-order valence-electron chi connectivity index (χ4n) is 4.08. The van der Waals surface area contributed by atoms with Crippen molar-refractivity contribution in [3.05, 3.63) is 66.0 Å². The van der Waals surface area contributed by atoms with E-state index in [0.29, 0.717) is 0 Å². The zero-order valence-electron chi connectivity index (χ0n) is 15.3. The first-order valence-electron chi connectivity index (χ1n) is 9.50. The molecular formula is C22H25N3O. The molecule has 1 fully saturated rings. The van der Waals surface area contributed by atoms with Crippen LogP contribution in [0.3, 0.4) is 0 Å². The predicted molar refractivity (Wildman–Crippen MR) is 104 cm³/mol. The molecule has 4 rings (SSSR count). The van der Waals surface area contributed by atoms with E-state index in [2.05, 4.69) is 53.1 Å². The van der Waals surface area contributed by atoms with Crippen LogP contribution in [0, 0.1) is 0 Å². The van der Waals surface area contributed by atoms with Crippen LogP contribution in [0.15, 0.2) is 54.6 Å². The number of likely N-dealkylation sites (tertiary alicyclic amines) is 1. The molecule has 0 aliphatic carbocycles. The Labute approximate surface area is 154 Å². The molecule has 2 heterocycles. The zero-order valence-corrected chi connectivity index (χ0v) is 15.3. The number of carbonyl (C=O) groups is 1. The van der Waals surface area contributed by atoms with Gasteiger partial charge in [0, 0.05) is 20.0 Å². The third kappa shape index (κ3) is 3.24. The number of hydrogen-bond donors (Lipinski definition) is 0. The van der Waals surface area contributed by atoms with Crippen LogP contribution in [0.25, 0.3) is 11.0 Å². The molecule has 3 aromatic rings. The van der Waals surface area contributed by atoms with Crippen molar-refractivity contribution in [1.82, 2.24) is 14.5 Å². The first-order chi connectivity index (χ1) is 12.7. The Morgan fingerprint density at radius 2 is 1.88 bits per heavy atom. The van der Waals surface area contributed by atoms with Crippen molar-refractivity contribution < 1.29 is 4.79 Å². The smallest absolute Gasteiger partial charge is 0.220 e. The van der Waals surface area contributed by atoms with E-state index in [1.807, 2.05) is 11.0 Å². The van der Waals surface area contributed by atoms with Gasteiger partial charge in [-0.2, -0.15) is 0 Å². The van der Waals surface area contributed by atoms with E-state index < -0.39 is 0 Å². The van der Waals surface area contributed by atoms with Gasteiger partial charge in [-0.1, -0.05) is 42.5 Å². The summed E-state index contributed by atoms with van der Waals surface area (Å²) in [7, 11) is 0. The molecule has 1 aliphatic heterocycles. The van der Waals surface area contributed by atoms with Crippen molar-refractivity contribution in [2.45, 2.75) is 45.2 Å². The number of fused-ring (bicyclic) bond motifs is 1. The highest BCUT2D eigenvalue weighted by Crippen LogP contribution is 2.33. The number of carbonyl (C=O) groups excluding carboxylic acids is 1. The largest absolute Gasteiger partial charge is 0.333 e. The molecule has 4 nitrogen and oxygen atoms in total. The molecule has 0 bridgehead atoms. The fourth-order valence-corrected chi connectivity index (χ4v) is 4.08. The summed E-state index contributed by atoms with van der Waals surface area (Å²) in [5.41, 5.74) is 3.56. The van der Waals surface area contributed by atoms with Gasteiger partial charge in [0.2, 0.25) is 5.91 Å². The van der Waals surface area contributed by atoms with Gasteiger partial charge < -0.3 is 9.47 Å². The second-order valence-corrected chi connectivity index (χ2v) is 7.07. The molecule has 0 radical (unpaired) electrons. The van der Waals surface area contributed by atoms with E-state index in [9.17, 15) is 4.79 Å². The summed E-state index contributed by atoms with van der Waals surface area (Å²) in [5.74, 6) is 1.20. The number of nitrogens with zero attached hydrogens (tertiary/aromatic N) is 3. The SMILES string of the molecule is CC(=O)N1CCC[C@H]1c1nc2ccccc2n1CCCc1ccccc1. The molecule has 1 saturated heterocycles. The van der Waals surface area contributed by atoms with Gasteiger partial charge in [-0.05, 0) is 43.4 Å². The number of hydrogen-bond acceptors (Lipinski definition) is 2. The van der Waals surface area contributed by atoms with Crippen LogP contribution in [0.4, 0.5) is 0 Å². The minimum Gasteiger partial charge on any atom is -0.333 e. The average Bonchev–Trinajstić information content (AvgIpc) is 3.27. The number of rotatable bonds is 5. The summed E-state index contributed by atoms with van der Waals surface area (Å²) >= 11 is 0. The second kappa shape index (κ2) is 7.32. The van der Waals surface area contributed by atoms with Crippen LogP contribution >= 0.6 is 0 Å². The van der Waals surface area contributed by atoms with Crippen molar-refractivity contribution in [1.29, 1.82) is 0 Å². The highest BCUT2D eigenvalue weighted by atomic mass is 16.2. The molecule has 0 spiro atoms. The average molecular weight is 347 g/mol. The lowest BCUT2D eigenvalue weighted by atomic mass is 10.1. The second-order valence-electron chi connectivity index (χ2n) is 7.07. The Morgan fingerprint density at radius 3 is 2.69 bits per heavy atom. The first kappa shape index (κ1) is 16.8. The maximum Gasteiger partial charge on any atom is 0.220 e.